The number of hydrogen-bond acceptors (Lipinski definition) is 4. The molecular formula is C25H33F2N3O2. The highest BCUT2D eigenvalue weighted by atomic mass is 19.3. The van der Waals surface area contributed by atoms with Gasteiger partial charge in [0, 0.05) is 37.8 Å². The van der Waals surface area contributed by atoms with Crippen molar-refractivity contribution in [3.05, 3.63) is 59.2 Å². The van der Waals surface area contributed by atoms with Crippen LogP contribution in [0.25, 0.3) is 0 Å². The average Bonchev–Trinajstić information content (AvgIpc) is 3.05. The predicted molar refractivity (Wildman–Crippen MR) is 123 cm³/mol. The molecule has 5 nitrogen and oxygen atoms in total. The number of ether oxygens (including phenoxy) is 1. The van der Waals surface area contributed by atoms with Crippen LogP contribution in [-0.4, -0.2) is 56.0 Å². The number of anilines is 1. The number of hydrogen-bond donors (Lipinski definition) is 0. The number of amides is 1. The maximum Gasteiger partial charge on any atom is 0.270 e. The number of alkyl halides is 2. The van der Waals surface area contributed by atoms with Crippen LogP contribution in [0.3, 0.4) is 0 Å². The summed E-state index contributed by atoms with van der Waals surface area (Å²) >= 11 is 0. The molecule has 2 aromatic carbocycles. The summed E-state index contributed by atoms with van der Waals surface area (Å²) in [6, 6.07) is 12.9. The number of methoxy groups -OCH3 is 1. The van der Waals surface area contributed by atoms with Crippen molar-refractivity contribution in [2.24, 2.45) is 0 Å². The fourth-order valence-electron chi connectivity index (χ4n) is 4.39. The summed E-state index contributed by atoms with van der Waals surface area (Å²) in [5, 5.41) is 0. The van der Waals surface area contributed by atoms with E-state index in [0.29, 0.717) is 18.5 Å². The minimum atomic E-state index is -3.02. The number of rotatable bonds is 9. The Hall–Kier alpha value is -2.67. The van der Waals surface area contributed by atoms with Crippen molar-refractivity contribution in [2.75, 3.05) is 45.2 Å². The lowest BCUT2D eigenvalue weighted by Gasteiger charge is -2.32. The van der Waals surface area contributed by atoms with E-state index in [9.17, 15) is 13.6 Å². The third-order valence-electron chi connectivity index (χ3n) is 6.13. The van der Waals surface area contributed by atoms with Gasteiger partial charge in [0.25, 0.3) is 5.92 Å². The van der Waals surface area contributed by atoms with E-state index in [-0.39, 0.29) is 18.0 Å². The quantitative estimate of drug-likeness (QED) is 0.562. The average molecular weight is 446 g/mol. The number of benzene rings is 2. The Bertz CT molecular complexity index is 924. The number of likely N-dealkylation sites (N-methyl/N-ethyl adjacent to an activating group) is 1. The van der Waals surface area contributed by atoms with Gasteiger partial charge in [-0.15, -0.1) is 0 Å². The zero-order valence-corrected chi connectivity index (χ0v) is 19.6. The molecule has 1 aliphatic rings. The third kappa shape index (κ3) is 5.04. The van der Waals surface area contributed by atoms with Gasteiger partial charge in [-0.1, -0.05) is 18.2 Å². The van der Waals surface area contributed by atoms with Crippen LogP contribution in [0.1, 0.15) is 43.6 Å². The van der Waals surface area contributed by atoms with Crippen LogP contribution in [0.5, 0.6) is 5.75 Å². The molecule has 32 heavy (non-hydrogen) atoms. The second kappa shape index (κ2) is 9.86. The molecule has 0 N–H and O–H groups in total. The van der Waals surface area contributed by atoms with Crippen molar-refractivity contribution in [1.29, 1.82) is 0 Å². The Labute approximate surface area is 189 Å². The standard InChI is InChI=1S/C25H33F2N3O2/c1-6-29(7-2)19-10-13-21(22(16-19)25(3,26)27)24-28(4)17-23(31)30(24)15-14-18-8-11-20(32-5)12-9-18/h8-13,16,24H,6-7,14-15,17H2,1-5H3. The van der Waals surface area contributed by atoms with Crippen LogP contribution in [0.4, 0.5) is 14.5 Å². The lowest BCUT2D eigenvalue weighted by Crippen LogP contribution is -2.34. The van der Waals surface area contributed by atoms with Crippen molar-refractivity contribution >= 4 is 11.6 Å². The molecular weight excluding hydrogens is 412 g/mol. The first-order chi connectivity index (χ1) is 15.2. The number of carbonyl (C=O) groups is 1. The molecule has 0 aromatic heterocycles. The van der Waals surface area contributed by atoms with Gasteiger partial charge in [-0.3, -0.25) is 9.69 Å². The van der Waals surface area contributed by atoms with Gasteiger partial charge in [-0.2, -0.15) is 0 Å². The topological polar surface area (TPSA) is 36.0 Å². The van der Waals surface area contributed by atoms with Gasteiger partial charge in [0.1, 0.15) is 11.9 Å². The largest absolute Gasteiger partial charge is 0.497 e. The summed E-state index contributed by atoms with van der Waals surface area (Å²) in [6.07, 6.45) is 0.113. The fourth-order valence-corrected chi connectivity index (χ4v) is 4.39. The first-order valence-electron chi connectivity index (χ1n) is 11.1. The minimum absolute atomic E-state index is 0.0251. The van der Waals surface area contributed by atoms with E-state index in [1.54, 1.807) is 24.1 Å². The Balaban J connectivity index is 1.92. The second-order valence-electron chi connectivity index (χ2n) is 8.31. The molecule has 1 fully saturated rings. The van der Waals surface area contributed by atoms with Crippen LogP contribution in [-0.2, 0) is 17.1 Å². The summed E-state index contributed by atoms with van der Waals surface area (Å²) in [6.45, 7) is 7.07. The highest BCUT2D eigenvalue weighted by Gasteiger charge is 2.40. The molecule has 0 radical (unpaired) electrons. The first kappa shape index (κ1) is 24.0. The summed E-state index contributed by atoms with van der Waals surface area (Å²) in [5.74, 6) is -2.30. The van der Waals surface area contributed by atoms with Crippen molar-refractivity contribution in [1.82, 2.24) is 9.80 Å². The second-order valence-corrected chi connectivity index (χ2v) is 8.31. The van der Waals surface area contributed by atoms with Crippen molar-refractivity contribution in [3.8, 4) is 5.75 Å². The van der Waals surface area contributed by atoms with E-state index in [0.717, 1.165) is 37.0 Å². The van der Waals surface area contributed by atoms with Crippen molar-refractivity contribution in [2.45, 2.75) is 39.3 Å². The van der Waals surface area contributed by atoms with Crippen LogP contribution >= 0.6 is 0 Å². The Morgan fingerprint density at radius 2 is 1.78 bits per heavy atom. The molecule has 1 heterocycles. The van der Waals surface area contributed by atoms with E-state index in [1.807, 2.05) is 61.0 Å². The molecule has 1 amide bonds. The molecule has 0 spiro atoms. The van der Waals surface area contributed by atoms with E-state index >= 15 is 0 Å². The van der Waals surface area contributed by atoms with E-state index in [2.05, 4.69) is 0 Å². The van der Waals surface area contributed by atoms with Crippen molar-refractivity contribution in [3.63, 3.8) is 0 Å². The number of nitrogens with zero attached hydrogens (tertiary/aromatic N) is 3. The number of halogens is 2. The van der Waals surface area contributed by atoms with Crippen LogP contribution in [0.15, 0.2) is 42.5 Å². The Morgan fingerprint density at radius 3 is 2.34 bits per heavy atom. The molecule has 1 aliphatic heterocycles. The summed E-state index contributed by atoms with van der Waals surface area (Å²) in [7, 11) is 3.43. The summed E-state index contributed by atoms with van der Waals surface area (Å²) in [5.41, 5.74) is 2.29. The maximum absolute atomic E-state index is 14.7. The molecule has 0 saturated carbocycles. The van der Waals surface area contributed by atoms with E-state index in [4.69, 9.17) is 4.74 Å². The van der Waals surface area contributed by atoms with Gasteiger partial charge in [-0.05, 0) is 62.7 Å². The van der Waals surface area contributed by atoms with E-state index in [1.165, 1.54) is 0 Å². The molecule has 0 aliphatic carbocycles. The lowest BCUT2D eigenvalue weighted by atomic mass is 9.97. The molecule has 1 saturated heterocycles. The van der Waals surface area contributed by atoms with Crippen LogP contribution < -0.4 is 9.64 Å². The zero-order valence-electron chi connectivity index (χ0n) is 19.6. The third-order valence-corrected chi connectivity index (χ3v) is 6.13. The smallest absolute Gasteiger partial charge is 0.270 e. The molecule has 1 unspecified atom stereocenters. The van der Waals surface area contributed by atoms with Crippen molar-refractivity contribution < 1.29 is 18.3 Å². The van der Waals surface area contributed by atoms with Gasteiger partial charge in [0.05, 0.1) is 13.7 Å². The van der Waals surface area contributed by atoms with Gasteiger partial charge in [0.15, 0.2) is 0 Å². The van der Waals surface area contributed by atoms with Crippen LogP contribution in [0.2, 0.25) is 0 Å². The molecule has 174 valence electrons. The molecule has 1 atom stereocenters. The Morgan fingerprint density at radius 1 is 1.12 bits per heavy atom. The molecule has 0 bridgehead atoms. The zero-order chi connectivity index (χ0) is 23.5. The normalized spacial score (nSPS) is 17.2. The fraction of sp³-hybridized carbons (Fsp3) is 0.480. The monoisotopic (exact) mass is 445 g/mol. The van der Waals surface area contributed by atoms with Gasteiger partial charge in [0.2, 0.25) is 5.91 Å². The molecule has 2 aromatic rings. The SMILES string of the molecule is CCN(CC)c1ccc(C2N(C)CC(=O)N2CCc2ccc(OC)cc2)c(C(C)(F)F)c1. The summed E-state index contributed by atoms with van der Waals surface area (Å²) in [4.78, 5) is 18.4. The van der Waals surface area contributed by atoms with E-state index < -0.39 is 12.1 Å². The molecule has 3 rings (SSSR count). The molecule has 7 heteroatoms. The highest BCUT2D eigenvalue weighted by Crippen LogP contribution is 2.40. The van der Waals surface area contributed by atoms with Crippen LogP contribution in [0, 0.1) is 0 Å². The Kier molecular flexibility index (Phi) is 7.39. The predicted octanol–water partition coefficient (Wildman–Crippen LogP) is 4.67. The van der Waals surface area contributed by atoms with Gasteiger partial charge < -0.3 is 14.5 Å². The summed E-state index contributed by atoms with van der Waals surface area (Å²) < 4.78 is 34.7. The lowest BCUT2D eigenvalue weighted by molar-refractivity contribution is -0.128. The van der Waals surface area contributed by atoms with Gasteiger partial charge >= 0.3 is 0 Å². The maximum atomic E-state index is 14.7. The first-order valence-corrected chi connectivity index (χ1v) is 11.1. The number of carbonyl (C=O) groups excluding carboxylic acids is 1. The minimum Gasteiger partial charge on any atom is -0.497 e. The highest BCUT2D eigenvalue weighted by molar-refractivity contribution is 5.81. The van der Waals surface area contributed by atoms with Gasteiger partial charge in [-0.25, -0.2) is 8.78 Å².